The number of aryl methyl sites for hydroxylation is 1. The maximum Gasteiger partial charge on any atom is 0.267 e. The highest BCUT2D eigenvalue weighted by molar-refractivity contribution is 7.15. The summed E-state index contributed by atoms with van der Waals surface area (Å²) in [5.74, 6) is 5.84. The van der Waals surface area contributed by atoms with Gasteiger partial charge in [-0.15, -0.1) is 16.4 Å². The first-order valence-electron chi connectivity index (χ1n) is 12.0. The van der Waals surface area contributed by atoms with Gasteiger partial charge in [-0.25, -0.2) is 13.9 Å². The molecule has 0 bridgehead atoms. The van der Waals surface area contributed by atoms with Crippen molar-refractivity contribution < 1.29 is 4.79 Å². The molecule has 0 aliphatic heterocycles. The Bertz CT molecular complexity index is 1990. The van der Waals surface area contributed by atoms with Crippen LogP contribution in [0.2, 0.25) is 0 Å². The van der Waals surface area contributed by atoms with Crippen molar-refractivity contribution in [2.75, 3.05) is 5.73 Å². The van der Waals surface area contributed by atoms with Crippen molar-refractivity contribution in [2.45, 2.75) is 13.0 Å². The van der Waals surface area contributed by atoms with Gasteiger partial charge < -0.3 is 11.1 Å². The zero-order valence-electron chi connectivity index (χ0n) is 21.0. The van der Waals surface area contributed by atoms with Crippen molar-refractivity contribution in [2.24, 2.45) is 7.05 Å². The molecule has 39 heavy (non-hydrogen) atoms. The van der Waals surface area contributed by atoms with Crippen LogP contribution < -0.4 is 16.6 Å². The van der Waals surface area contributed by atoms with Crippen LogP contribution >= 0.6 is 11.3 Å². The number of nitrogens with two attached hydrogens (primary N) is 1. The zero-order valence-corrected chi connectivity index (χ0v) is 21.8. The van der Waals surface area contributed by atoms with Crippen LogP contribution in [0.15, 0.2) is 77.3 Å². The Labute approximate surface area is 226 Å². The summed E-state index contributed by atoms with van der Waals surface area (Å²) < 4.78 is 4.73. The predicted molar refractivity (Wildman–Crippen MR) is 149 cm³/mol. The van der Waals surface area contributed by atoms with Crippen LogP contribution in [-0.2, 0) is 7.05 Å². The average Bonchev–Trinajstić information content (AvgIpc) is 3.63. The van der Waals surface area contributed by atoms with Crippen molar-refractivity contribution in [3.05, 3.63) is 105 Å². The van der Waals surface area contributed by atoms with Crippen LogP contribution in [0.3, 0.4) is 0 Å². The molecule has 192 valence electrons. The molecule has 5 aromatic heterocycles. The van der Waals surface area contributed by atoms with Crippen molar-refractivity contribution in [3.63, 3.8) is 0 Å². The number of pyridine rings is 1. The fraction of sp³-hybridized carbons (Fsp3) is 0.107. The number of benzene rings is 1. The van der Waals surface area contributed by atoms with E-state index in [9.17, 15) is 9.59 Å². The standard InChI is InChI=1S/C28H22N8O2S/c1-17(31-26(37)23-21-10-6-7-13-35(21)33-25(23)29)24-22(19-8-4-3-5-9-19)27(38)36-20(16-39-28(36)32-24)12-11-18-14-30-34(2)15-18/h3-10,13-17H,1-2H3,(H2,29,33)(H,31,37)/t17-/m0/s1. The molecular weight excluding hydrogens is 512 g/mol. The molecule has 10 nitrogen and oxygen atoms in total. The summed E-state index contributed by atoms with van der Waals surface area (Å²) in [6.45, 7) is 1.79. The highest BCUT2D eigenvalue weighted by Crippen LogP contribution is 2.27. The van der Waals surface area contributed by atoms with Gasteiger partial charge in [-0.3, -0.25) is 14.3 Å². The monoisotopic (exact) mass is 534 g/mol. The van der Waals surface area contributed by atoms with Crippen molar-refractivity contribution >= 4 is 33.5 Å². The summed E-state index contributed by atoms with van der Waals surface area (Å²) in [7, 11) is 1.82. The number of carbonyl (C=O) groups is 1. The molecule has 0 radical (unpaired) electrons. The van der Waals surface area contributed by atoms with E-state index in [2.05, 4.69) is 27.4 Å². The normalized spacial score (nSPS) is 11.8. The summed E-state index contributed by atoms with van der Waals surface area (Å²) in [6.07, 6.45) is 5.19. The van der Waals surface area contributed by atoms with Crippen molar-refractivity contribution in [1.82, 2.24) is 34.1 Å². The number of anilines is 1. The first-order chi connectivity index (χ1) is 18.9. The third-order valence-electron chi connectivity index (χ3n) is 6.25. The molecule has 0 fully saturated rings. The molecule has 0 aliphatic carbocycles. The van der Waals surface area contributed by atoms with Gasteiger partial charge >= 0.3 is 0 Å². The Hall–Kier alpha value is -5.21. The van der Waals surface area contributed by atoms with E-state index in [-0.39, 0.29) is 16.9 Å². The molecule has 11 heteroatoms. The summed E-state index contributed by atoms with van der Waals surface area (Å²) in [5, 5.41) is 13.1. The molecule has 5 heterocycles. The highest BCUT2D eigenvalue weighted by atomic mass is 32.1. The fourth-order valence-corrected chi connectivity index (χ4v) is 5.27. The van der Waals surface area contributed by atoms with E-state index in [1.807, 2.05) is 43.4 Å². The first kappa shape index (κ1) is 24.1. The molecule has 3 N–H and O–H groups in total. The number of hydrogen-bond donors (Lipinski definition) is 2. The number of nitrogens with zero attached hydrogens (tertiary/aromatic N) is 6. The lowest BCUT2D eigenvalue weighted by Crippen LogP contribution is -2.30. The molecule has 0 unspecified atom stereocenters. The second kappa shape index (κ2) is 9.59. The van der Waals surface area contributed by atoms with E-state index in [4.69, 9.17) is 10.7 Å². The van der Waals surface area contributed by atoms with Crippen molar-refractivity contribution in [1.29, 1.82) is 0 Å². The lowest BCUT2D eigenvalue weighted by atomic mass is 10.0. The number of carbonyl (C=O) groups excluding carboxylic acids is 1. The van der Waals surface area contributed by atoms with Gasteiger partial charge in [0, 0.05) is 24.8 Å². The summed E-state index contributed by atoms with van der Waals surface area (Å²) in [4.78, 5) is 32.7. The molecule has 1 amide bonds. The van der Waals surface area contributed by atoms with E-state index in [0.29, 0.717) is 33.0 Å². The van der Waals surface area contributed by atoms with Crippen LogP contribution in [0.1, 0.15) is 40.3 Å². The van der Waals surface area contributed by atoms with E-state index >= 15 is 0 Å². The van der Waals surface area contributed by atoms with Gasteiger partial charge in [0.25, 0.3) is 11.5 Å². The van der Waals surface area contributed by atoms with Gasteiger partial charge in [-0.1, -0.05) is 42.3 Å². The van der Waals surface area contributed by atoms with E-state index in [1.54, 1.807) is 52.2 Å². The quantitative estimate of drug-likeness (QED) is 0.335. The summed E-state index contributed by atoms with van der Waals surface area (Å²) >= 11 is 1.31. The number of hydrogen-bond acceptors (Lipinski definition) is 7. The minimum atomic E-state index is -0.615. The molecule has 0 saturated carbocycles. The number of nitrogens with one attached hydrogen (secondary N) is 1. The van der Waals surface area contributed by atoms with Gasteiger partial charge in [-0.2, -0.15) is 5.10 Å². The molecule has 6 aromatic rings. The van der Waals surface area contributed by atoms with Crippen LogP contribution in [0.5, 0.6) is 0 Å². The first-order valence-corrected chi connectivity index (χ1v) is 12.9. The van der Waals surface area contributed by atoms with Gasteiger partial charge in [0.1, 0.15) is 11.3 Å². The molecule has 6 rings (SSSR count). The maximum absolute atomic E-state index is 14.0. The lowest BCUT2D eigenvalue weighted by Gasteiger charge is -2.17. The molecule has 0 spiro atoms. The second-order valence-electron chi connectivity index (χ2n) is 8.92. The number of aromatic nitrogens is 6. The van der Waals surface area contributed by atoms with Crippen LogP contribution in [0, 0.1) is 11.8 Å². The van der Waals surface area contributed by atoms with Crippen LogP contribution in [0.4, 0.5) is 5.82 Å². The molecule has 0 saturated heterocycles. The predicted octanol–water partition coefficient (Wildman–Crippen LogP) is 3.28. The van der Waals surface area contributed by atoms with E-state index < -0.39 is 11.9 Å². The minimum absolute atomic E-state index is 0.118. The summed E-state index contributed by atoms with van der Waals surface area (Å²) in [5.41, 5.74) is 9.45. The Morgan fingerprint density at radius 2 is 1.92 bits per heavy atom. The molecule has 0 aliphatic rings. The third-order valence-corrected chi connectivity index (χ3v) is 7.08. The van der Waals surface area contributed by atoms with Crippen molar-refractivity contribution in [3.8, 4) is 23.0 Å². The Morgan fingerprint density at radius 3 is 2.69 bits per heavy atom. The number of fused-ring (bicyclic) bond motifs is 2. The number of amides is 1. The smallest absolute Gasteiger partial charge is 0.267 e. The topological polar surface area (TPSA) is 125 Å². The minimum Gasteiger partial charge on any atom is -0.382 e. The Morgan fingerprint density at radius 1 is 1.13 bits per heavy atom. The van der Waals surface area contributed by atoms with Gasteiger partial charge in [0.2, 0.25) is 0 Å². The highest BCUT2D eigenvalue weighted by Gasteiger charge is 2.25. The zero-order chi connectivity index (χ0) is 27.1. The third kappa shape index (κ3) is 4.32. The average molecular weight is 535 g/mol. The second-order valence-corrected chi connectivity index (χ2v) is 9.76. The fourth-order valence-electron chi connectivity index (χ4n) is 4.45. The maximum atomic E-state index is 14.0. The van der Waals surface area contributed by atoms with E-state index in [0.717, 1.165) is 5.56 Å². The van der Waals surface area contributed by atoms with Crippen LogP contribution in [0.25, 0.3) is 21.6 Å². The molecule has 1 aromatic carbocycles. The number of nitrogen functional groups attached to an aromatic ring is 1. The number of rotatable bonds is 4. The Kier molecular flexibility index (Phi) is 5.94. The Balaban J connectivity index is 1.45. The number of thiazole rings is 1. The van der Waals surface area contributed by atoms with Gasteiger partial charge in [0.05, 0.1) is 34.6 Å². The summed E-state index contributed by atoms with van der Waals surface area (Å²) in [6, 6.07) is 14.1. The largest absolute Gasteiger partial charge is 0.382 e. The lowest BCUT2D eigenvalue weighted by molar-refractivity contribution is 0.0941. The van der Waals surface area contributed by atoms with Crippen LogP contribution in [-0.4, -0.2) is 34.7 Å². The van der Waals surface area contributed by atoms with Gasteiger partial charge in [-0.05, 0) is 30.5 Å². The SMILES string of the molecule is C[C@H](NC(=O)c1c(N)nn2ccccc12)c1nc2scc(C#Cc3cnn(C)c3)n2c(=O)c1-c1ccccc1. The molecule has 1 atom stereocenters. The van der Waals surface area contributed by atoms with Gasteiger partial charge in [0.15, 0.2) is 10.8 Å². The molecular formula is C28H22N8O2S. The van der Waals surface area contributed by atoms with E-state index in [1.165, 1.54) is 15.7 Å².